The number of aryl methyl sites for hydroxylation is 1. The number of aliphatic carboxylic acids is 1. The van der Waals surface area contributed by atoms with Crippen molar-refractivity contribution in [3.05, 3.63) is 18.0 Å². The van der Waals surface area contributed by atoms with Gasteiger partial charge in [-0.3, -0.25) is 9.59 Å². The summed E-state index contributed by atoms with van der Waals surface area (Å²) >= 11 is 0. The Kier molecular flexibility index (Phi) is 5.50. The number of aromatic nitrogens is 1. The highest BCUT2D eigenvalue weighted by molar-refractivity contribution is 7.89. The van der Waals surface area contributed by atoms with Crippen LogP contribution in [0.4, 0.5) is 0 Å². The Morgan fingerprint density at radius 1 is 1.43 bits per heavy atom. The van der Waals surface area contributed by atoms with Crippen LogP contribution in [0.1, 0.15) is 23.8 Å². The number of nitrogens with one attached hydrogen (secondary N) is 2. The van der Waals surface area contributed by atoms with Crippen LogP contribution < -0.4 is 10.0 Å². The summed E-state index contributed by atoms with van der Waals surface area (Å²) in [6, 6.07) is 1.24. The molecule has 1 atom stereocenters. The van der Waals surface area contributed by atoms with Crippen molar-refractivity contribution in [2.45, 2.75) is 18.2 Å². The van der Waals surface area contributed by atoms with Crippen molar-refractivity contribution in [1.82, 2.24) is 14.6 Å². The Hall–Kier alpha value is -1.87. The van der Waals surface area contributed by atoms with Gasteiger partial charge < -0.3 is 15.0 Å². The van der Waals surface area contributed by atoms with E-state index in [2.05, 4.69) is 10.0 Å². The molecule has 3 N–H and O–H groups in total. The van der Waals surface area contributed by atoms with E-state index in [-0.39, 0.29) is 17.1 Å². The zero-order valence-electron chi connectivity index (χ0n) is 12.1. The Morgan fingerprint density at radius 3 is 2.52 bits per heavy atom. The van der Waals surface area contributed by atoms with Crippen LogP contribution in [-0.2, 0) is 21.9 Å². The molecule has 9 heteroatoms. The lowest BCUT2D eigenvalue weighted by Crippen LogP contribution is -2.33. The minimum Gasteiger partial charge on any atom is -0.481 e. The van der Waals surface area contributed by atoms with Gasteiger partial charge in [-0.1, -0.05) is 6.92 Å². The minimum absolute atomic E-state index is 0.00996. The van der Waals surface area contributed by atoms with E-state index in [1.54, 1.807) is 6.92 Å². The van der Waals surface area contributed by atoms with Crippen LogP contribution in [0, 0.1) is 5.92 Å². The fraction of sp³-hybridized carbons (Fsp3) is 0.500. The van der Waals surface area contributed by atoms with Gasteiger partial charge in [-0.05, 0) is 19.5 Å². The van der Waals surface area contributed by atoms with Gasteiger partial charge in [0.25, 0.3) is 5.91 Å². The van der Waals surface area contributed by atoms with Gasteiger partial charge in [0.2, 0.25) is 10.0 Å². The van der Waals surface area contributed by atoms with Gasteiger partial charge in [0, 0.05) is 19.8 Å². The van der Waals surface area contributed by atoms with Gasteiger partial charge in [0.05, 0.1) is 5.92 Å². The van der Waals surface area contributed by atoms with Crippen LogP contribution in [0.2, 0.25) is 0 Å². The van der Waals surface area contributed by atoms with Gasteiger partial charge in [0.1, 0.15) is 10.6 Å². The van der Waals surface area contributed by atoms with Crippen molar-refractivity contribution >= 4 is 21.9 Å². The normalized spacial score (nSPS) is 12.9. The van der Waals surface area contributed by atoms with E-state index in [4.69, 9.17) is 5.11 Å². The molecular formula is C12H19N3O5S. The van der Waals surface area contributed by atoms with Crippen LogP contribution >= 0.6 is 0 Å². The molecule has 1 aromatic heterocycles. The maximum absolute atomic E-state index is 12.0. The second-order valence-corrected chi connectivity index (χ2v) is 6.42. The molecule has 0 fully saturated rings. The smallest absolute Gasteiger partial charge is 0.308 e. The van der Waals surface area contributed by atoms with Crippen LogP contribution in [0.5, 0.6) is 0 Å². The first kappa shape index (κ1) is 17.2. The Labute approximate surface area is 123 Å². The number of sulfonamides is 1. The number of carbonyl (C=O) groups excluding carboxylic acids is 1. The fourth-order valence-corrected chi connectivity index (χ4v) is 2.54. The molecule has 0 aliphatic heterocycles. The van der Waals surface area contributed by atoms with Crippen molar-refractivity contribution in [1.29, 1.82) is 0 Å². The lowest BCUT2D eigenvalue weighted by Gasteiger charge is -2.11. The van der Waals surface area contributed by atoms with Gasteiger partial charge in [0.15, 0.2) is 0 Å². The van der Waals surface area contributed by atoms with Gasteiger partial charge in [-0.15, -0.1) is 0 Å². The van der Waals surface area contributed by atoms with E-state index in [0.717, 1.165) is 0 Å². The molecule has 0 radical (unpaired) electrons. The van der Waals surface area contributed by atoms with Gasteiger partial charge >= 0.3 is 5.97 Å². The highest BCUT2D eigenvalue weighted by Crippen LogP contribution is 2.13. The Balaban J connectivity index is 2.87. The zero-order valence-corrected chi connectivity index (χ0v) is 12.9. The summed E-state index contributed by atoms with van der Waals surface area (Å²) in [5.74, 6) is -2.17. The average Bonchev–Trinajstić information content (AvgIpc) is 2.81. The maximum Gasteiger partial charge on any atom is 0.308 e. The predicted molar refractivity (Wildman–Crippen MR) is 75.4 cm³/mol. The SMILES string of the molecule is CCC(CNC(=O)c1cc(S(=O)(=O)NC)cn1C)C(=O)O. The quantitative estimate of drug-likeness (QED) is 0.642. The summed E-state index contributed by atoms with van der Waals surface area (Å²) in [6.07, 6.45) is 1.71. The minimum atomic E-state index is -3.63. The summed E-state index contributed by atoms with van der Waals surface area (Å²) in [5.41, 5.74) is 0.143. The van der Waals surface area contributed by atoms with Crippen molar-refractivity contribution in [3.8, 4) is 0 Å². The third-order valence-electron chi connectivity index (χ3n) is 3.14. The molecule has 1 amide bonds. The summed E-state index contributed by atoms with van der Waals surface area (Å²) < 4.78 is 26.9. The molecule has 1 unspecified atom stereocenters. The summed E-state index contributed by atoms with van der Waals surface area (Å²) in [5, 5.41) is 11.4. The molecule has 0 saturated carbocycles. The highest BCUT2D eigenvalue weighted by atomic mass is 32.2. The number of amides is 1. The number of nitrogens with zero attached hydrogens (tertiary/aromatic N) is 1. The van der Waals surface area contributed by atoms with E-state index >= 15 is 0 Å². The number of carboxylic acids is 1. The first-order valence-corrected chi connectivity index (χ1v) is 7.82. The molecule has 8 nitrogen and oxygen atoms in total. The van der Waals surface area contributed by atoms with E-state index in [1.165, 1.54) is 30.9 Å². The molecule has 0 aliphatic rings. The number of hydrogen-bond donors (Lipinski definition) is 3. The van der Waals surface area contributed by atoms with Crippen molar-refractivity contribution in [2.24, 2.45) is 13.0 Å². The second-order valence-electron chi connectivity index (χ2n) is 4.53. The van der Waals surface area contributed by atoms with Gasteiger partial charge in [-0.2, -0.15) is 0 Å². The number of carbonyl (C=O) groups is 2. The lowest BCUT2D eigenvalue weighted by atomic mass is 10.1. The third-order valence-corrected chi connectivity index (χ3v) is 4.52. The first-order valence-electron chi connectivity index (χ1n) is 6.33. The topological polar surface area (TPSA) is 117 Å². The van der Waals surface area contributed by atoms with Gasteiger partial charge in [-0.25, -0.2) is 13.1 Å². The number of rotatable bonds is 7. The van der Waals surface area contributed by atoms with E-state index in [1.807, 2.05) is 0 Å². The molecular weight excluding hydrogens is 298 g/mol. The zero-order chi connectivity index (χ0) is 16.2. The largest absolute Gasteiger partial charge is 0.481 e. The molecule has 1 rings (SSSR count). The van der Waals surface area contributed by atoms with Crippen molar-refractivity contribution in [3.63, 3.8) is 0 Å². The van der Waals surface area contributed by atoms with Crippen LogP contribution in [0.3, 0.4) is 0 Å². The van der Waals surface area contributed by atoms with E-state index < -0.39 is 27.8 Å². The monoisotopic (exact) mass is 317 g/mol. The van der Waals surface area contributed by atoms with Crippen LogP contribution in [-0.4, -0.2) is 43.6 Å². The second kappa shape index (κ2) is 6.72. The molecule has 0 aromatic carbocycles. The van der Waals surface area contributed by atoms with Crippen LogP contribution in [0.25, 0.3) is 0 Å². The highest BCUT2D eigenvalue weighted by Gasteiger charge is 2.21. The van der Waals surface area contributed by atoms with E-state index in [0.29, 0.717) is 6.42 Å². The molecule has 21 heavy (non-hydrogen) atoms. The lowest BCUT2D eigenvalue weighted by molar-refractivity contribution is -0.141. The Morgan fingerprint density at radius 2 is 2.05 bits per heavy atom. The van der Waals surface area contributed by atoms with Crippen molar-refractivity contribution < 1.29 is 23.1 Å². The summed E-state index contributed by atoms with van der Waals surface area (Å²) in [4.78, 5) is 22.8. The molecule has 0 aliphatic carbocycles. The molecule has 0 spiro atoms. The summed E-state index contributed by atoms with van der Waals surface area (Å²) in [7, 11) is -0.809. The van der Waals surface area contributed by atoms with Crippen LogP contribution in [0.15, 0.2) is 17.2 Å². The standard InChI is InChI=1S/C12H19N3O5S/c1-4-8(12(17)18)6-14-11(16)10-5-9(7-15(10)3)21(19,20)13-2/h5,7-8,13H,4,6H2,1-3H3,(H,14,16)(H,17,18). The molecule has 118 valence electrons. The summed E-state index contributed by atoms with van der Waals surface area (Å²) in [6.45, 7) is 1.70. The maximum atomic E-state index is 12.0. The predicted octanol–water partition coefficient (Wildman–Crippen LogP) is -0.226. The molecule has 0 bridgehead atoms. The fourth-order valence-electron chi connectivity index (χ4n) is 1.74. The Bertz CT molecular complexity index is 635. The number of hydrogen-bond acceptors (Lipinski definition) is 4. The third kappa shape index (κ3) is 4.05. The molecule has 1 heterocycles. The molecule has 0 saturated heterocycles. The van der Waals surface area contributed by atoms with E-state index in [9.17, 15) is 18.0 Å². The first-order chi connectivity index (χ1) is 9.72. The molecule has 1 aromatic rings. The van der Waals surface area contributed by atoms with Crippen molar-refractivity contribution in [2.75, 3.05) is 13.6 Å². The average molecular weight is 317 g/mol. The number of carboxylic acid groups (broad SMARTS) is 1.